The number of hydrogen-bond acceptors (Lipinski definition) is 10. The van der Waals surface area contributed by atoms with Gasteiger partial charge in [-0.2, -0.15) is 0 Å². The Kier molecular flexibility index (Phi) is 10.9. The minimum absolute atomic E-state index is 0.0674. The van der Waals surface area contributed by atoms with Crippen molar-refractivity contribution in [2.24, 2.45) is 0 Å². The maximum Gasteiger partial charge on any atom is 0.262 e. The number of thiophene rings is 1. The zero-order chi connectivity index (χ0) is 38.5. The van der Waals surface area contributed by atoms with Crippen molar-refractivity contribution in [3.8, 4) is 0 Å². The number of aryl methyl sites for hydroxylation is 1. The highest BCUT2D eigenvalue weighted by Gasteiger charge is 2.44. The number of nitrogens with one attached hydrogen (secondary N) is 5. The first-order chi connectivity index (χ1) is 26.7. The summed E-state index contributed by atoms with van der Waals surface area (Å²) in [5.74, 6) is -2.31. The summed E-state index contributed by atoms with van der Waals surface area (Å²) in [6.07, 6.45) is 5.02. The fourth-order valence-electron chi connectivity index (χ4n) is 6.69. The predicted molar refractivity (Wildman–Crippen MR) is 211 cm³/mol. The third-order valence-electron chi connectivity index (χ3n) is 9.68. The fourth-order valence-corrected chi connectivity index (χ4v) is 7.63. The molecule has 7 rings (SSSR count). The zero-order valence-electron chi connectivity index (χ0n) is 30.1. The molecule has 13 nitrogen and oxygen atoms in total. The van der Waals surface area contributed by atoms with E-state index in [0.29, 0.717) is 41.4 Å². The van der Waals surface area contributed by atoms with Gasteiger partial charge in [0.1, 0.15) is 6.04 Å². The van der Waals surface area contributed by atoms with Crippen LogP contribution in [0.2, 0.25) is 0 Å². The first kappa shape index (κ1) is 36.9. The molecule has 0 spiro atoms. The van der Waals surface area contributed by atoms with E-state index in [1.54, 1.807) is 24.3 Å². The lowest BCUT2D eigenvalue weighted by Crippen LogP contribution is -2.54. The number of piperidine rings is 1. The van der Waals surface area contributed by atoms with Crippen LogP contribution < -0.4 is 26.6 Å². The van der Waals surface area contributed by atoms with E-state index in [9.17, 15) is 28.8 Å². The first-order valence-corrected chi connectivity index (χ1v) is 19.0. The Balaban J connectivity index is 0.891. The van der Waals surface area contributed by atoms with Gasteiger partial charge >= 0.3 is 0 Å². The standard InChI is InChI=1S/C41H39N7O6S/c1-24-10-4-6-12-31(24)45-36-32(46-38(51)30-23-55-34-13-7-5-11-27(30)34)20-25(22-44-36)37(50)43-19-9-3-2-8-18-42-26-14-15-28-29(21-26)41(54)48(40(28)53)33-16-17-35(49)47-39(33)52/h4-7,10-15,20-23,33,42H,2-3,8-9,16-19H2,1H3,(H,43,50)(H,44,45)(H,46,51)(H,47,49,52). The molecule has 14 heteroatoms. The number of para-hydroxylation sites is 1. The Hall–Kier alpha value is -6.41. The van der Waals surface area contributed by atoms with Gasteiger partial charge in [-0.15, -0.1) is 11.3 Å². The number of pyridine rings is 1. The normalized spacial score (nSPS) is 15.1. The molecular weight excluding hydrogens is 719 g/mol. The molecule has 280 valence electrons. The SMILES string of the molecule is Cc1ccccc1Nc1ncc(C(=O)NCCCCCCNc2ccc3c(c2)C(=O)N(C2CCC(=O)NC2=O)C3=O)cc1NC(=O)c1csc2ccccc12. The zero-order valence-corrected chi connectivity index (χ0v) is 30.9. The Labute approximate surface area is 320 Å². The van der Waals surface area contributed by atoms with Crippen LogP contribution in [0.5, 0.6) is 0 Å². The van der Waals surface area contributed by atoms with E-state index in [2.05, 4.69) is 31.6 Å². The summed E-state index contributed by atoms with van der Waals surface area (Å²) in [7, 11) is 0. The second-order valence-corrected chi connectivity index (χ2v) is 14.4. The van der Waals surface area contributed by atoms with E-state index in [-0.39, 0.29) is 35.8 Å². The number of nitrogens with zero attached hydrogens (tertiary/aromatic N) is 2. The van der Waals surface area contributed by atoms with Crippen LogP contribution in [0.15, 0.2) is 84.4 Å². The summed E-state index contributed by atoms with van der Waals surface area (Å²) in [4.78, 5) is 82.1. The van der Waals surface area contributed by atoms with Gasteiger partial charge in [0.15, 0.2) is 5.82 Å². The minimum Gasteiger partial charge on any atom is -0.385 e. The Morgan fingerprint density at radius 3 is 2.44 bits per heavy atom. The molecule has 1 unspecified atom stereocenters. The Morgan fingerprint density at radius 1 is 0.855 bits per heavy atom. The number of unbranched alkanes of at least 4 members (excludes halogenated alkanes) is 3. The summed E-state index contributed by atoms with van der Waals surface area (Å²) in [5, 5.41) is 17.4. The maximum absolute atomic E-state index is 13.5. The smallest absolute Gasteiger partial charge is 0.262 e. The van der Waals surface area contributed by atoms with Gasteiger partial charge in [-0.1, -0.05) is 49.2 Å². The average molecular weight is 758 g/mol. The monoisotopic (exact) mass is 757 g/mol. The van der Waals surface area contributed by atoms with Crippen molar-refractivity contribution >= 4 is 79.7 Å². The van der Waals surface area contributed by atoms with Crippen LogP contribution in [-0.2, 0) is 9.59 Å². The van der Waals surface area contributed by atoms with Gasteiger partial charge in [-0.3, -0.25) is 39.0 Å². The molecule has 2 aliphatic rings. The molecule has 5 aromatic rings. The van der Waals surface area contributed by atoms with Gasteiger partial charge < -0.3 is 21.3 Å². The summed E-state index contributed by atoms with van der Waals surface area (Å²) in [6, 6.07) is 21.0. The molecule has 55 heavy (non-hydrogen) atoms. The highest BCUT2D eigenvalue weighted by atomic mass is 32.1. The summed E-state index contributed by atoms with van der Waals surface area (Å²) >= 11 is 1.49. The number of hydrogen-bond donors (Lipinski definition) is 5. The molecular formula is C41H39N7O6S. The third-order valence-corrected chi connectivity index (χ3v) is 10.6. The van der Waals surface area contributed by atoms with E-state index < -0.39 is 29.7 Å². The van der Waals surface area contributed by atoms with Gasteiger partial charge in [-0.25, -0.2) is 4.98 Å². The molecule has 1 fully saturated rings. The van der Waals surface area contributed by atoms with Crippen LogP contribution >= 0.6 is 11.3 Å². The summed E-state index contributed by atoms with van der Waals surface area (Å²) < 4.78 is 1.01. The van der Waals surface area contributed by atoms with E-state index >= 15 is 0 Å². The number of anilines is 4. The molecule has 2 aromatic heterocycles. The van der Waals surface area contributed by atoms with Crippen LogP contribution in [0.4, 0.5) is 22.9 Å². The molecule has 1 atom stereocenters. The van der Waals surface area contributed by atoms with Crippen molar-refractivity contribution < 1.29 is 28.8 Å². The lowest BCUT2D eigenvalue weighted by atomic mass is 10.0. The molecule has 6 amide bonds. The van der Waals surface area contributed by atoms with Crippen molar-refractivity contribution in [3.63, 3.8) is 0 Å². The number of carbonyl (C=O) groups is 6. The van der Waals surface area contributed by atoms with Crippen molar-refractivity contribution in [2.45, 2.75) is 51.5 Å². The second kappa shape index (κ2) is 16.3. The molecule has 5 N–H and O–H groups in total. The predicted octanol–water partition coefficient (Wildman–Crippen LogP) is 6.40. The molecule has 0 aliphatic carbocycles. The van der Waals surface area contributed by atoms with E-state index in [0.717, 1.165) is 51.9 Å². The average Bonchev–Trinajstić information content (AvgIpc) is 3.72. The van der Waals surface area contributed by atoms with Crippen molar-refractivity contribution in [3.05, 3.63) is 112 Å². The van der Waals surface area contributed by atoms with Gasteiger partial charge in [0.25, 0.3) is 23.6 Å². The van der Waals surface area contributed by atoms with E-state index in [4.69, 9.17) is 0 Å². The fraction of sp³-hybridized carbons (Fsp3) is 0.244. The largest absolute Gasteiger partial charge is 0.385 e. The highest BCUT2D eigenvalue weighted by molar-refractivity contribution is 7.17. The number of benzene rings is 3. The first-order valence-electron chi connectivity index (χ1n) is 18.2. The number of imide groups is 2. The lowest BCUT2D eigenvalue weighted by Gasteiger charge is -2.27. The van der Waals surface area contributed by atoms with Crippen molar-refractivity contribution in [1.82, 2.24) is 20.5 Å². The molecule has 2 aliphatic heterocycles. The molecule has 4 heterocycles. The number of fused-ring (bicyclic) bond motifs is 2. The van der Waals surface area contributed by atoms with Crippen LogP contribution in [0, 0.1) is 6.92 Å². The highest BCUT2D eigenvalue weighted by Crippen LogP contribution is 2.31. The quantitative estimate of drug-likeness (QED) is 0.0633. The second-order valence-electron chi connectivity index (χ2n) is 13.5. The number of amides is 6. The van der Waals surface area contributed by atoms with Crippen LogP contribution in [-0.4, -0.2) is 64.5 Å². The number of rotatable bonds is 14. The number of carbonyl (C=O) groups excluding carboxylic acids is 6. The van der Waals surface area contributed by atoms with Gasteiger partial charge in [-0.05, 0) is 68.1 Å². The molecule has 0 radical (unpaired) electrons. The Morgan fingerprint density at radius 2 is 1.62 bits per heavy atom. The van der Waals surface area contributed by atoms with Crippen LogP contribution in [0.3, 0.4) is 0 Å². The van der Waals surface area contributed by atoms with Crippen LogP contribution in [0.25, 0.3) is 10.1 Å². The van der Waals surface area contributed by atoms with Gasteiger partial charge in [0, 0.05) is 52.5 Å². The van der Waals surface area contributed by atoms with Crippen LogP contribution in [0.1, 0.15) is 85.5 Å². The molecule has 1 saturated heterocycles. The molecule has 0 saturated carbocycles. The topological polar surface area (TPSA) is 179 Å². The molecule has 3 aromatic carbocycles. The lowest BCUT2D eigenvalue weighted by molar-refractivity contribution is -0.136. The maximum atomic E-state index is 13.5. The van der Waals surface area contributed by atoms with E-state index in [1.807, 2.05) is 60.8 Å². The Bertz CT molecular complexity index is 2340. The summed E-state index contributed by atoms with van der Waals surface area (Å²) in [6.45, 7) is 3.07. The van der Waals surface area contributed by atoms with Gasteiger partial charge in [0.2, 0.25) is 11.8 Å². The minimum atomic E-state index is -1.00. The van der Waals surface area contributed by atoms with E-state index in [1.165, 1.54) is 17.5 Å². The van der Waals surface area contributed by atoms with Crippen molar-refractivity contribution in [1.29, 1.82) is 0 Å². The van der Waals surface area contributed by atoms with Crippen molar-refractivity contribution in [2.75, 3.05) is 29.0 Å². The molecule has 0 bridgehead atoms. The number of aromatic nitrogens is 1. The summed E-state index contributed by atoms with van der Waals surface area (Å²) in [5.41, 5.74) is 4.23. The third kappa shape index (κ3) is 8.09. The van der Waals surface area contributed by atoms with Gasteiger partial charge in [0.05, 0.1) is 27.9 Å².